The molecule has 3 heterocycles. The minimum absolute atomic E-state index is 0.398. The summed E-state index contributed by atoms with van der Waals surface area (Å²) in [5.41, 5.74) is 1.41. The Morgan fingerprint density at radius 3 is 2.71 bits per heavy atom. The Kier molecular flexibility index (Phi) is 4.39. The van der Waals surface area contributed by atoms with Crippen LogP contribution in [-0.2, 0) is 6.54 Å². The maximum Gasteiger partial charge on any atom is 0.203 e. The van der Waals surface area contributed by atoms with Crippen LogP contribution < -0.4 is 0 Å². The second-order valence-corrected chi connectivity index (χ2v) is 6.20. The summed E-state index contributed by atoms with van der Waals surface area (Å²) >= 11 is 1.76. The van der Waals surface area contributed by atoms with Gasteiger partial charge in [-0.15, -0.1) is 0 Å². The van der Waals surface area contributed by atoms with Crippen molar-refractivity contribution in [3.05, 3.63) is 46.0 Å². The summed E-state index contributed by atoms with van der Waals surface area (Å²) in [4.78, 5) is 4.91. The van der Waals surface area contributed by atoms with Crippen LogP contribution in [0, 0.1) is 11.3 Å². The lowest BCUT2D eigenvalue weighted by molar-refractivity contribution is 0.0934. The van der Waals surface area contributed by atoms with Crippen molar-refractivity contribution in [2.75, 3.05) is 26.2 Å². The zero-order chi connectivity index (χ0) is 14.7. The molecule has 0 unspecified atom stereocenters. The molecule has 1 atom stereocenters. The van der Waals surface area contributed by atoms with Gasteiger partial charge in [0.05, 0.1) is 6.54 Å². The van der Waals surface area contributed by atoms with Crippen LogP contribution in [0.25, 0.3) is 0 Å². The van der Waals surface area contributed by atoms with E-state index in [0.29, 0.717) is 11.8 Å². The molecule has 110 valence electrons. The highest BCUT2D eigenvalue weighted by Gasteiger charge is 2.22. The molecule has 1 saturated heterocycles. The van der Waals surface area contributed by atoms with Crippen molar-refractivity contribution < 1.29 is 4.42 Å². The standard InChI is InChI=1S/C16H19N3OS/c1-13(14-4-9-21-12-14)19-7-5-18(6-8-19)11-16-3-2-15(10-17)20-16/h2-4,9,12-13H,5-8,11H2,1H3/t13-/m0/s1. The summed E-state index contributed by atoms with van der Waals surface area (Å²) in [5, 5.41) is 13.2. The van der Waals surface area contributed by atoms with Gasteiger partial charge in [0.25, 0.3) is 0 Å². The highest BCUT2D eigenvalue weighted by molar-refractivity contribution is 7.07. The maximum absolute atomic E-state index is 8.78. The quantitative estimate of drug-likeness (QED) is 0.870. The minimum Gasteiger partial charge on any atom is -0.449 e. The van der Waals surface area contributed by atoms with Crippen LogP contribution in [0.5, 0.6) is 0 Å². The molecule has 0 aromatic carbocycles. The topological polar surface area (TPSA) is 43.4 Å². The molecule has 0 aliphatic carbocycles. The molecule has 0 spiro atoms. The lowest BCUT2D eigenvalue weighted by Crippen LogP contribution is -2.46. The number of hydrogen-bond acceptors (Lipinski definition) is 5. The molecule has 0 bridgehead atoms. The van der Waals surface area contributed by atoms with E-state index in [1.54, 1.807) is 17.4 Å². The number of nitrogens with zero attached hydrogens (tertiary/aromatic N) is 3. The Balaban J connectivity index is 1.52. The predicted molar refractivity (Wildman–Crippen MR) is 83.0 cm³/mol. The van der Waals surface area contributed by atoms with Gasteiger partial charge >= 0.3 is 0 Å². The Morgan fingerprint density at radius 1 is 1.29 bits per heavy atom. The second kappa shape index (κ2) is 6.44. The minimum atomic E-state index is 0.398. The first-order valence-corrected chi connectivity index (χ1v) is 8.18. The average molecular weight is 301 g/mol. The van der Waals surface area contributed by atoms with Crippen LogP contribution in [0.4, 0.5) is 0 Å². The Morgan fingerprint density at radius 2 is 2.10 bits per heavy atom. The summed E-state index contributed by atoms with van der Waals surface area (Å²) in [5.74, 6) is 1.28. The number of nitriles is 1. The van der Waals surface area contributed by atoms with Crippen molar-refractivity contribution in [2.45, 2.75) is 19.5 Å². The molecule has 1 aliphatic heterocycles. The van der Waals surface area contributed by atoms with Gasteiger partial charge in [-0.05, 0) is 41.4 Å². The summed E-state index contributed by atoms with van der Waals surface area (Å²) in [6.45, 7) is 7.30. The van der Waals surface area contributed by atoms with E-state index in [2.05, 4.69) is 33.6 Å². The lowest BCUT2D eigenvalue weighted by Gasteiger charge is -2.37. The van der Waals surface area contributed by atoms with Crippen molar-refractivity contribution in [3.8, 4) is 6.07 Å². The largest absolute Gasteiger partial charge is 0.449 e. The lowest BCUT2D eigenvalue weighted by atomic mass is 10.1. The third kappa shape index (κ3) is 3.35. The van der Waals surface area contributed by atoms with Crippen molar-refractivity contribution in [2.24, 2.45) is 0 Å². The number of piperazine rings is 1. The number of thiophene rings is 1. The van der Waals surface area contributed by atoms with Crippen LogP contribution in [0.3, 0.4) is 0 Å². The molecule has 2 aromatic rings. The molecule has 3 rings (SSSR count). The van der Waals surface area contributed by atoms with E-state index in [-0.39, 0.29) is 0 Å². The van der Waals surface area contributed by atoms with Gasteiger partial charge in [-0.1, -0.05) is 0 Å². The van der Waals surface area contributed by atoms with Crippen molar-refractivity contribution in [1.29, 1.82) is 5.26 Å². The number of rotatable bonds is 4. The maximum atomic E-state index is 8.78. The SMILES string of the molecule is C[C@@H](c1ccsc1)N1CCN(Cc2ccc(C#N)o2)CC1. The van der Waals surface area contributed by atoms with Crippen molar-refractivity contribution in [3.63, 3.8) is 0 Å². The molecular formula is C16H19N3OS. The van der Waals surface area contributed by atoms with Gasteiger partial charge in [-0.25, -0.2) is 0 Å². The van der Waals surface area contributed by atoms with Crippen LogP contribution in [-0.4, -0.2) is 36.0 Å². The molecule has 1 aliphatic rings. The van der Waals surface area contributed by atoms with Gasteiger partial charge in [0.2, 0.25) is 5.76 Å². The second-order valence-electron chi connectivity index (χ2n) is 5.42. The van der Waals surface area contributed by atoms with Gasteiger partial charge in [-0.2, -0.15) is 16.6 Å². The van der Waals surface area contributed by atoms with Crippen LogP contribution >= 0.6 is 11.3 Å². The summed E-state index contributed by atoms with van der Waals surface area (Å²) in [6, 6.07) is 8.38. The molecule has 2 aromatic heterocycles. The van der Waals surface area contributed by atoms with E-state index >= 15 is 0 Å². The Bertz CT molecular complexity index is 606. The van der Waals surface area contributed by atoms with Crippen molar-refractivity contribution in [1.82, 2.24) is 9.80 Å². The predicted octanol–water partition coefficient (Wildman–Crippen LogP) is 3.09. The van der Waals surface area contributed by atoms with Crippen LogP contribution in [0.15, 0.2) is 33.4 Å². The zero-order valence-corrected chi connectivity index (χ0v) is 13.0. The zero-order valence-electron chi connectivity index (χ0n) is 12.2. The number of hydrogen-bond donors (Lipinski definition) is 0. The fraction of sp³-hybridized carbons (Fsp3) is 0.438. The van der Waals surface area contributed by atoms with E-state index in [1.807, 2.05) is 12.1 Å². The normalized spacial score (nSPS) is 18.5. The Hall–Kier alpha value is -1.61. The summed E-state index contributed by atoms with van der Waals surface area (Å²) in [6.07, 6.45) is 0. The van der Waals surface area contributed by atoms with Gasteiger partial charge < -0.3 is 4.42 Å². The first-order valence-electron chi connectivity index (χ1n) is 7.23. The van der Waals surface area contributed by atoms with Gasteiger partial charge in [0, 0.05) is 32.2 Å². The Labute approximate surface area is 129 Å². The fourth-order valence-electron chi connectivity index (χ4n) is 2.78. The van der Waals surface area contributed by atoms with E-state index < -0.39 is 0 Å². The van der Waals surface area contributed by atoms with E-state index in [0.717, 1.165) is 38.5 Å². The van der Waals surface area contributed by atoms with Crippen LogP contribution in [0.2, 0.25) is 0 Å². The first kappa shape index (κ1) is 14.3. The van der Waals surface area contributed by atoms with Crippen LogP contribution in [0.1, 0.15) is 30.0 Å². The first-order chi connectivity index (χ1) is 10.3. The molecule has 0 radical (unpaired) electrons. The van der Waals surface area contributed by atoms with Gasteiger partial charge in [-0.3, -0.25) is 9.80 Å². The molecule has 4 nitrogen and oxygen atoms in total. The summed E-state index contributed by atoms with van der Waals surface area (Å²) in [7, 11) is 0. The smallest absolute Gasteiger partial charge is 0.203 e. The third-order valence-corrected chi connectivity index (χ3v) is 4.83. The summed E-state index contributed by atoms with van der Waals surface area (Å²) < 4.78 is 5.45. The molecule has 0 amide bonds. The van der Waals surface area contributed by atoms with E-state index in [4.69, 9.17) is 9.68 Å². The molecule has 5 heteroatoms. The molecule has 0 N–H and O–H groups in total. The third-order valence-electron chi connectivity index (χ3n) is 4.13. The monoisotopic (exact) mass is 301 g/mol. The van der Waals surface area contributed by atoms with E-state index in [9.17, 15) is 0 Å². The molecule has 0 saturated carbocycles. The molecule has 21 heavy (non-hydrogen) atoms. The molecular weight excluding hydrogens is 282 g/mol. The fourth-order valence-corrected chi connectivity index (χ4v) is 3.52. The van der Waals surface area contributed by atoms with Gasteiger partial charge in [0.1, 0.15) is 11.8 Å². The molecule has 1 fully saturated rings. The highest BCUT2D eigenvalue weighted by atomic mass is 32.1. The average Bonchev–Trinajstić information content (AvgIpc) is 3.19. The van der Waals surface area contributed by atoms with Gasteiger partial charge in [0.15, 0.2) is 0 Å². The van der Waals surface area contributed by atoms with E-state index in [1.165, 1.54) is 5.56 Å². The highest BCUT2D eigenvalue weighted by Crippen LogP contribution is 2.24. The number of furan rings is 1. The van der Waals surface area contributed by atoms with Crippen molar-refractivity contribution >= 4 is 11.3 Å².